The highest BCUT2D eigenvalue weighted by atomic mass is 16.2. The van der Waals surface area contributed by atoms with Gasteiger partial charge in [0.2, 0.25) is 0 Å². The van der Waals surface area contributed by atoms with E-state index in [0.717, 1.165) is 12.2 Å². The van der Waals surface area contributed by atoms with Crippen LogP contribution in [0.3, 0.4) is 0 Å². The minimum atomic E-state index is -0.0149. The monoisotopic (exact) mass is 261 g/mol. The lowest BCUT2D eigenvalue weighted by Gasteiger charge is -2.34. The van der Waals surface area contributed by atoms with Crippen molar-refractivity contribution in [3.8, 4) is 0 Å². The molecule has 1 amide bonds. The molecule has 1 heterocycles. The van der Waals surface area contributed by atoms with Gasteiger partial charge in [0.25, 0.3) is 5.91 Å². The van der Waals surface area contributed by atoms with Crippen molar-refractivity contribution in [3.63, 3.8) is 0 Å². The maximum atomic E-state index is 11.9. The van der Waals surface area contributed by atoms with Crippen LogP contribution >= 0.6 is 0 Å². The van der Waals surface area contributed by atoms with Gasteiger partial charge in [0.05, 0.1) is 11.4 Å². The number of hydrogen-bond acceptors (Lipinski definition) is 3. The Kier molecular flexibility index (Phi) is 3.43. The highest BCUT2D eigenvalue weighted by molar-refractivity contribution is 5.96. The van der Waals surface area contributed by atoms with Gasteiger partial charge in [0, 0.05) is 31.7 Å². The van der Waals surface area contributed by atoms with Crippen LogP contribution in [0.15, 0.2) is 18.2 Å². The zero-order chi connectivity index (χ0) is 14.2. The lowest BCUT2D eigenvalue weighted by Crippen LogP contribution is -2.38. The van der Waals surface area contributed by atoms with Crippen LogP contribution in [-0.4, -0.2) is 37.0 Å². The van der Waals surface area contributed by atoms with E-state index in [9.17, 15) is 4.79 Å². The SMILES string of the molecule is CN(C)C(=O)c1ccc(N2CCCC2(C)C)c(N)c1. The van der Waals surface area contributed by atoms with E-state index in [4.69, 9.17) is 5.73 Å². The molecule has 4 nitrogen and oxygen atoms in total. The van der Waals surface area contributed by atoms with Gasteiger partial charge in [-0.2, -0.15) is 0 Å². The maximum Gasteiger partial charge on any atom is 0.253 e. The van der Waals surface area contributed by atoms with Crippen LogP contribution < -0.4 is 10.6 Å². The van der Waals surface area contributed by atoms with Crippen molar-refractivity contribution in [2.75, 3.05) is 31.3 Å². The molecule has 0 atom stereocenters. The molecule has 1 saturated heterocycles. The molecule has 2 rings (SSSR count). The van der Waals surface area contributed by atoms with E-state index in [-0.39, 0.29) is 11.4 Å². The van der Waals surface area contributed by atoms with Gasteiger partial charge < -0.3 is 15.5 Å². The molecule has 0 bridgehead atoms. The summed E-state index contributed by atoms with van der Waals surface area (Å²) in [5.74, 6) is -0.0149. The third kappa shape index (κ3) is 2.53. The smallest absolute Gasteiger partial charge is 0.253 e. The van der Waals surface area contributed by atoms with Crippen molar-refractivity contribution in [1.29, 1.82) is 0 Å². The van der Waals surface area contributed by atoms with Gasteiger partial charge in [0.15, 0.2) is 0 Å². The number of rotatable bonds is 2. The lowest BCUT2D eigenvalue weighted by molar-refractivity contribution is 0.0827. The first-order valence-corrected chi connectivity index (χ1v) is 6.72. The molecule has 4 heteroatoms. The summed E-state index contributed by atoms with van der Waals surface area (Å²) in [7, 11) is 3.49. The maximum absolute atomic E-state index is 11.9. The Bertz CT molecular complexity index is 494. The molecule has 19 heavy (non-hydrogen) atoms. The first-order chi connectivity index (χ1) is 8.83. The molecule has 0 radical (unpaired) electrons. The summed E-state index contributed by atoms with van der Waals surface area (Å²) >= 11 is 0. The Hall–Kier alpha value is -1.71. The molecule has 0 aliphatic carbocycles. The minimum absolute atomic E-state index is 0.0149. The highest BCUT2D eigenvalue weighted by Crippen LogP contribution is 2.36. The molecule has 2 N–H and O–H groups in total. The number of amides is 1. The largest absolute Gasteiger partial charge is 0.397 e. The first-order valence-electron chi connectivity index (χ1n) is 6.72. The molecule has 0 unspecified atom stereocenters. The van der Waals surface area contributed by atoms with E-state index in [0.29, 0.717) is 11.3 Å². The molecule has 1 aliphatic rings. The summed E-state index contributed by atoms with van der Waals surface area (Å²) in [5.41, 5.74) is 8.65. The van der Waals surface area contributed by atoms with Crippen molar-refractivity contribution in [2.45, 2.75) is 32.2 Å². The number of hydrogen-bond donors (Lipinski definition) is 1. The molecule has 1 fully saturated rings. The number of carbonyl (C=O) groups is 1. The fraction of sp³-hybridized carbons (Fsp3) is 0.533. The Morgan fingerprint density at radius 3 is 2.53 bits per heavy atom. The molecule has 0 aromatic heterocycles. The van der Waals surface area contributed by atoms with Gasteiger partial charge in [-0.3, -0.25) is 4.79 Å². The van der Waals surface area contributed by atoms with Crippen LogP contribution in [-0.2, 0) is 0 Å². The van der Waals surface area contributed by atoms with Gasteiger partial charge >= 0.3 is 0 Å². The van der Waals surface area contributed by atoms with E-state index < -0.39 is 0 Å². The van der Waals surface area contributed by atoms with Crippen molar-refractivity contribution in [1.82, 2.24) is 4.90 Å². The standard InChI is InChI=1S/C15H23N3O/c1-15(2)8-5-9-18(15)13-7-6-11(10-12(13)16)14(19)17(3)4/h6-7,10H,5,8-9,16H2,1-4H3. The Balaban J connectivity index is 2.32. The predicted molar refractivity (Wildman–Crippen MR) is 79.5 cm³/mol. The number of nitrogens with two attached hydrogens (primary N) is 1. The number of nitrogens with zero attached hydrogens (tertiary/aromatic N) is 2. The van der Waals surface area contributed by atoms with Crippen LogP contribution in [0.25, 0.3) is 0 Å². The third-order valence-corrected chi connectivity index (χ3v) is 3.87. The van der Waals surface area contributed by atoms with Crippen LogP contribution in [0.4, 0.5) is 11.4 Å². The van der Waals surface area contributed by atoms with Crippen LogP contribution in [0.1, 0.15) is 37.0 Å². The Labute approximate surface area is 115 Å². The Morgan fingerprint density at radius 1 is 1.37 bits per heavy atom. The molecule has 1 aromatic carbocycles. The molecular formula is C15H23N3O. The molecule has 104 valence electrons. The second kappa shape index (κ2) is 4.76. The fourth-order valence-electron chi connectivity index (χ4n) is 2.75. The normalized spacial score (nSPS) is 17.6. The summed E-state index contributed by atoms with van der Waals surface area (Å²) < 4.78 is 0. The number of nitrogen functional groups attached to an aromatic ring is 1. The van der Waals surface area contributed by atoms with Crippen molar-refractivity contribution in [2.24, 2.45) is 0 Å². The van der Waals surface area contributed by atoms with Gasteiger partial charge in [0.1, 0.15) is 0 Å². The summed E-state index contributed by atoms with van der Waals surface area (Å²) in [6.07, 6.45) is 2.36. The summed E-state index contributed by atoms with van der Waals surface area (Å²) in [5, 5.41) is 0. The number of anilines is 2. The molecule has 0 spiro atoms. The van der Waals surface area contributed by atoms with E-state index in [2.05, 4.69) is 18.7 Å². The van der Waals surface area contributed by atoms with E-state index in [1.165, 1.54) is 12.8 Å². The fourth-order valence-corrected chi connectivity index (χ4v) is 2.75. The van der Waals surface area contributed by atoms with Crippen LogP contribution in [0.5, 0.6) is 0 Å². The summed E-state index contributed by atoms with van der Waals surface area (Å²) in [6.45, 7) is 5.49. The van der Waals surface area contributed by atoms with Crippen molar-refractivity contribution < 1.29 is 4.79 Å². The average Bonchev–Trinajstić information content (AvgIpc) is 2.67. The second-order valence-electron chi connectivity index (χ2n) is 6.04. The van der Waals surface area contributed by atoms with Gasteiger partial charge in [-0.25, -0.2) is 0 Å². The van der Waals surface area contributed by atoms with Gasteiger partial charge in [-0.05, 0) is 44.9 Å². The first kappa shape index (κ1) is 13.7. The van der Waals surface area contributed by atoms with E-state index in [1.807, 2.05) is 12.1 Å². The van der Waals surface area contributed by atoms with E-state index >= 15 is 0 Å². The van der Waals surface area contributed by atoms with Crippen molar-refractivity contribution in [3.05, 3.63) is 23.8 Å². The molecule has 1 aromatic rings. The van der Waals surface area contributed by atoms with Gasteiger partial charge in [-0.15, -0.1) is 0 Å². The minimum Gasteiger partial charge on any atom is -0.397 e. The van der Waals surface area contributed by atoms with Crippen LogP contribution in [0.2, 0.25) is 0 Å². The number of benzene rings is 1. The Morgan fingerprint density at radius 2 is 2.05 bits per heavy atom. The van der Waals surface area contributed by atoms with Crippen LogP contribution in [0, 0.1) is 0 Å². The van der Waals surface area contributed by atoms with E-state index in [1.54, 1.807) is 25.1 Å². The average molecular weight is 261 g/mol. The lowest BCUT2D eigenvalue weighted by atomic mass is 10.0. The summed E-state index contributed by atoms with van der Waals surface area (Å²) in [4.78, 5) is 15.8. The predicted octanol–water partition coefficient (Wildman–Crippen LogP) is 2.35. The third-order valence-electron chi connectivity index (χ3n) is 3.87. The summed E-state index contributed by atoms with van der Waals surface area (Å²) in [6, 6.07) is 5.62. The molecular weight excluding hydrogens is 238 g/mol. The molecule has 0 saturated carbocycles. The zero-order valence-corrected chi connectivity index (χ0v) is 12.2. The highest BCUT2D eigenvalue weighted by Gasteiger charge is 2.33. The molecule has 1 aliphatic heterocycles. The number of carbonyl (C=O) groups excluding carboxylic acids is 1. The van der Waals surface area contributed by atoms with Crippen molar-refractivity contribution >= 4 is 17.3 Å². The second-order valence-corrected chi connectivity index (χ2v) is 6.04. The quantitative estimate of drug-likeness (QED) is 0.831. The van der Waals surface area contributed by atoms with Gasteiger partial charge in [-0.1, -0.05) is 0 Å². The zero-order valence-electron chi connectivity index (χ0n) is 12.2. The topological polar surface area (TPSA) is 49.6 Å².